The Morgan fingerprint density at radius 2 is 1.83 bits per heavy atom. The minimum absolute atomic E-state index is 0.0955. The third kappa shape index (κ3) is 4.82. The molecule has 35 heavy (non-hydrogen) atoms. The molecule has 0 saturated carbocycles. The van der Waals surface area contributed by atoms with Gasteiger partial charge in [0.1, 0.15) is 23.7 Å². The van der Waals surface area contributed by atoms with Gasteiger partial charge in [0.05, 0.1) is 23.6 Å². The van der Waals surface area contributed by atoms with Gasteiger partial charge in [0, 0.05) is 19.2 Å². The fourth-order valence-electron chi connectivity index (χ4n) is 4.55. The molecule has 0 radical (unpaired) electrons. The Labute approximate surface area is 205 Å². The van der Waals surface area contributed by atoms with E-state index in [1.165, 1.54) is 0 Å². The zero-order valence-corrected chi connectivity index (χ0v) is 20.6. The van der Waals surface area contributed by atoms with Crippen molar-refractivity contribution in [1.29, 1.82) is 0 Å². The maximum Gasteiger partial charge on any atom is 0.290 e. The lowest BCUT2D eigenvalue weighted by Crippen LogP contribution is -2.37. The van der Waals surface area contributed by atoms with Gasteiger partial charge in [0.2, 0.25) is 5.76 Å². The molecule has 1 unspecified atom stereocenters. The molecule has 7 heteroatoms. The number of amides is 1. The number of carbonyl (C=O) groups excluding carboxylic acids is 1. The number of benzene rings is 2. The lowest BCUT2D eigenvalue weighted by molar-refractivity contribution is 0.0708. The highest BCUT2D eigenvalue weighted by Gasteiger charge is 2.42. The van der Waals surface area contributed by atoms with Gasteiger partial charge in [-0.2, -0.15) is 0 Å². The first-order valence-electron chi connectivity index (χ1n) is 12.1. The van der Waals surface area contributed by atoms with Gasteiger partial charge in [-0.25, -0.2) is 0 Å². The Bertz CT molecular complexity index is 1280. The zero-order chi connectivity index (χ0) is 24.9. The molecule has 184 valence electrons. The summed E-state index contributed by atoms with van der Waals surface area (Å²) in [5.41, 5.74) is 1.31. The van der Waals surface area contributed by atoms with E-state index in [0.29, 0.717) is 54.3 Å². The van der Waals surface area contributed by atoms with Crippen molar-refractivity contribution in [2.24, 2.45) is 0 Å². The van der Waals surface area contributed by atoms with Crippen LogP contribution in [0.2, 0.25) is 0 Å². The lowest BCUT2D eigenvalue weighted by atomic mass is 9.98. The minimum atomic E-state index is -0.562. The van der Waals surface area contributed by atoms with Gasteiger partial charge in [-0.15, -0.1) is 0 Å². The third-order valence-corrected chi connectivity index (χ3v) is 6.34. The highest BCUT2D eigenvalue weighted by Crippen LogP contribution is 2.39. The van der Waals surface area contributed by atoms with Gasteiger partial charge in [-0.05, 0) is 49.8 Å². The molecule has 1 aromatic heterocycles. The molecule has 1 atom stereocenters. The Kier molecular flexibility index (Phi) is 7.56. The number of fused-ring (bicyclic) bond motifs is 2. The van der Waals surface area contributed by atoms with E-state index in [9.17, 15) is 9.59 Å². The summed E-state index contributed by atoms with van der Waals surface area (Å²) in [7, 11) is 0. The molecule has 0 fully saturated rings. The Morgan fingerprint density at radius 3 is 2.54 bits per heavy atom. The molecule has 0 N–H and O–H groups in total. The van der Waals surface area contributed by atoms with Crippen molar-refractivity contribution in [3.05, 3.63) is 82.2 Å². The summed E-state index contributed by atoms with van der Waals surface area (Å²) in [5.74, 6) is 1.06. The Morgan fingerprint density at radius 1 is 1.06 bits per heavy atom. The van der Waals surface area contributed by atoms with Crippen LogP contribution in [0.1, 0.15) is 48.5 Å². The number of carbonyl (C=O) groups is 1. The SMILES string of the molecule is C=CCOc1cccc(C2c3c(oc4cc(OCC)ccc4c3=O)C(=O)N2CCN(CC)CC)c1. The number of likely N-dealkylation sites (N-methyl/N-ethyl adjacent to an activating group) is 1. The van der Waals surface area contributed by atoms with Crippen LogP contribution >= 0.6 is 0 Å². The van der Waals surface area contributed by atoms with E-state index in [0.717, 1.165) is 18.7 Å². The van der Waals surface area contributed by atoms with Crippen LogP contribution in [-0.4, -0.2) is 55.1 Å². The van der Waals surface area contributed by atoms with Crippen molar-refractivity contribution in [3.63, 3.8) is 0 Å². The first-order chi connectivity index (χ1) is 17.0. The summed E-state index contributed by atoms with van der Waals surface area (Å²) in [6.07, 6.45) is 1.68. The van der Waals surface area contributed by atoms with Crippen LogP contribution in [-0.2, 0) is 0 Å². The highest BCUT2D eigenvalue weighted by molar-refractivity contribution is 5.99. The Hall–Kier alpha value is -3.58. The quantitative estimate of drug-likeness (QED) is 0.376. The molecule has 7 nitrogen and oxygen atoms in total. The molecule has 1 amide bonds. The molecule has 0 bridgehead atoms. The average Bonchev–Trinajstić information content (AvgIpc) is 3.15. The normalized spacial score (nSPS) is 15.0. The van der Waals surface area contributed by atoms with E-state index in [1.54, 1.807) is 29.2 Å². The van der Waals surface area contributed by atoms with E-state index in [2.05, 4.69) is 25.3 Å². The lowest BCUT2D eigenvalue weighted by Gasteiger charge is -2.28. The summed E-state index contributed by atoms with van der Waals surface area (Å²) in [4.78, 5) is 31.4. The second kappa shape index (κ2) is 10.8. The van der Waals surface area contributed by atoms with E-state index in [-0.39, 0.29) is 17.1 Å². The number of hydrogen-bond acceptors (Lipinski definition) is 6. The van der Waals surface area contributed by atoms with Crippen LogP contribution < -0.4 is 14.9 Å². The van der Waals surface area contributed by atoms with E-state index in [4.69, 9.17) is 13.9 Å². The molecule has 3 aromatic rings. The fraction of sp³-hybridized carbons (Fsp3) is 0.357. The molecule has 0 spiro atoms. The molecule has 2 aromatic carbocycles. The zero-order valence-electron chi connectivity index (χ0n) is 20.6. The molecule has 1 aliphatic rings. The monoisotopic (exact) mass is 476 g/mol. The van der Waals surface area contributed by atoms with Gasteiger partial charge in [-0.3, -0.25) is 9.59 Å². The van der Waals surface area contributed by atoms with Crippen molar-refractivity contribution < 1.29 is 18.7 Å². The van der Waals surface area contributed by atoms with Gasteiger partial charge >= 0.3 is 0 Å². The molecule has 2 heterocycles. The van der Waals surface area contributed by atoms with Gasteiger partial charge in [0.15, 0.2) is 5.43 Å². The maximum atomic E-state index is 13.7. The van der Waals surface area contributed by atoms with E-state index < -0.39 is 6.04 Å². The molecule has 0 saturated heterocycles. The number of hydrogen-bond donors (Lipinski definition) is 0. The third-order valence-electron chi connectivity index (χ3n) is 6.34. The number of ether oxygens (including phenoxy) is 2. The number of rotatable bonds is 11. The summed E-state index contributed by atoms with van der Waals surface area (Å²) in [6, 6.07) is 12.1. The van der Waals surface area contributed by atoms with Crippen LogP contribution in [0.4, 0.5) is 0 Å². The van der Waals surface area contributed by atoms with Gasteiger partial charge in [0.25, 0.3) is 5.91 Å². The first kappa shape index (κ1) is 24.5. The molecule has 0 aliphatic carbocycles. The van der Waals surface area contributed by atoms with Crippen molar-refractivity contribution in [2.75, 3.05) is 39.4 Å². The second-order valence-corrected chi connectivity index (χ2v) is 8.37. The molecule has 4 rings (SSSR count). The summed E-state index contributed by atoms with van der Waals surface area (Å²) < 4.78 is 17.4. The minimum Gasteiger partial charge on any atom is -0.494 e. The van der Waals surface area contributed by atoms with E-state index >= 15 is 0 Å². The second-order valence-electron chi connectivity index (χ2n) is 8.37. The van der Waals surface area contributed by atoms with E-state index in [1.807, 2.05) is 31.2 Å². The fourth-order valence-corrected chi connectivity index (χ4v) is 4.55. The molecular weight excluding hydrogens is 444 g/mol. The topological polar surface area (TPSA) is 72.2 Å². The van der Waals surface area contributed by atoms with Crippen LogP contribution in [0.3, 0.4) is 0 Å². The first-order valence-corrected chi connectivity index (χ1v) is 12.1. The van der Waals surface area contributed by atoms with Crippen LogP contribution in [0.5, 0.6) is 11.5 Å². The van der Waals surface area contributed by atoms with Crippen LogP contribution in [0.25, 0.3) is 11.0 Å². The predicted molar refractivity (Wildman–Crippen MR) is 136 cm³/mol. The van der Waals surface area contributed by atoms with Crippen molar-refractivity contribution in [3.8, 4) is 11.5 Å². The van der Waals surface area contributed by atoms with Crippen LogP contribution in [0.15, 0.2) is 64.3 Å². The van der Waals surface area contributed by atoms with Gasteiger partial charge in [-0.1, -0.05) is 38.6 Å². The predicted octanol–water partition coefficient (Wildman–Crippen LogP) is 4.64. The van der Waals surface area contributed by atoms with Crippen molar-refractivity contribution in [2.45, 2.75) is 26.8 Å². The highest BCUT2D eigenvalue weighted by atomic mass is 16.5. The standard InChI is InChI=1S/C28H32N2O5/c1-5-16-34-20-11-9-10-19(17-20)25-24-26(31)22-13-12-21(33-8-4)18-23(22)35-27(24)28(32)30(25)15-14-29(6-2)7-3/h5,9-13,17-18,25H,1,6-8,14-16H2,2-4H3. The maximum absolute atomic E-state index is 13.7. The molecule has 1 aliphatic heterocycles. The summed E-state index contributed by atoms with van der Waals surface area (Å²) in [5, 5.41) is 0.426. The molecular formula is C28H32N2O5. The average molecular weight is 477 g/mol. The Balaban J connectivity index is 1.84. The number of nitrogens with zero attached hydrogens (tertiary/aromatic N) is 2. The van der Waals surface area contributed by atoms with Crippen molar-refractivity contribution >= 4 is 16.9 Å². The summed E-state index contributed by atoms with van der Waals surface area (Å²) >= 11 is 0. The summed E-state index contributed by atoms with van der Waals surface area (Å²) in [6.45, 7) is 13.5. The van der Waals surface area contributed by atoms with Crippen LogP contribution in [0, 0.1) is 0 Å². The smallest absolute Gasteiger partial charge is 0.290 e. The largest absolute Gasteiger partial charge is 0.494 e. The van der Waals surface area contributed by atoms with Gasteiger partial charge < -0.3 is 23.7 Å². The van der Waals surface area contributed by atoms with Crippen molar-refractivity contribution in [1.82, 2.24) is 9.80 Å².